The van der Waals surface area contributed by atoms with Crippen LogP contribution in [-0.2, 0) is 22.6 Å². The van der Waals surface area contributed by atoms with Crippen molar-refractivity contribution in [3.63, 3.8) is 0 Å². The molecule has 3 aromatic rings. The summed E-state index contributed by atoms with van der Waals surface area (Å²) < 4.78 is 16.2. The van der Waals surface area contributed by atoms with Crippen molar-refractivity contribution in [1.29, 1.82) is 0 Å². The van der Waals surface area contributed by atoms with Crippen molar-refractivity contribution < 1.29 is 18.7 Å². The maximum atomic E-state index is 11.4. The summed E-state index contributed by atoms with van der Waals surface area (Å²) in [6, 6.07) is 17.9. The third kappa shape index (κ3) is 6.96. The molecule has 0 aliphatic carbocycles. The molecule has 0 atom stereocenters. The minimum absolute atomic E-state index is 0.141. The van der Waals surface area contributed by atoms with E-state index in [-0.39, 0.29) is 5.97 Å². The Balaban J connectivity index is 1.44. The zero-order valence-corrected chi connectivity index (χ0v) is 16.5. The van der Waals surface area contributed by atoms with Crippen molar-refractivity contribution in [3.05, 3.63) is 83.6 Å². The number of aromatic nitrogens is 1. The predicted octanol–water partition coefficient (Wildman–Crippen LogP) is 5.31. The van der Waals surface area contributed by atoms with Crippen LogP contribution in [0.25, 0.3) is 12.2 Å². The van der Waals surface area contributed by atoms with Gasteiger partial charge in [-0.05, 0) is 49.1 Å². The maximum absolute atomic E-state index is 11.4. The zero-order chi connectivity index (χ0) is 20.3. The molecule has 0 fully saturated rings. The van der Waals surface area contributed by atoms with Gasteiger partial charge in [0.2, 0.25) is 5.89 Å². The molecule has 1 aromatic heterocycles. The van der Waals surface area contributed by atoms with Gasteiger partial charge in [-0.15, -0.1) is 0 Å². The van der Waals surface area contributed by atoms with Crippen molar-refractivity contribution in [3.8, 4) is 5.75 Å². The van der Waals surface area contributed by atoms with E-state index in [1.165, 1.54) is 0 Å². The fourth-order valence-electron chi connectivity index (χ4n) is 2.78. The lowest BCUT2D eigenvalue weighted by Gasteiger charge is -2.06. The molecule has 29 heavy (non-hydrogen) atoms. The van der Waals surface area contributed by atoms with Crippen LogP contribution >= 0.6 is 0 Å². The van der Waals surface area contributed by atoms with Crippen LogP contribution < -0.4 is 4.74 Å². The van der Waals surface area contributed by atoms with Gasteiger partial charge in [0.25, 0.3) is 0 Å². The highest BCUT2D eigenvalue weighted by Gasteiger charge is 2.04. The highest BCUT2D eigenvalue weighted by molar-refractivity contribution is 5.69. The predicted molar refractivity (Wildman–Crippen MR) is 112 cm³/mol. The summed E-state index contributed by atoms with van der Waals surface area (Å²) in [7, 11) is 0. The van der Waals surface area contributed by atoms with Crippen molar-refractivity contribution >= 4 is 18.1 Å². The Kier molecular flexibility index (Phi) is 7.63. The summed E-state index contributed by atoms with van der Waals surface area (Å²) in [5.74, 6) is 1.17. The number of benzene rings is 2. The number of nitrogens with zero attached hydrogens (tertiary/aromatic N) is 1. The third-order valence-corrected chi connectivity index (χ3v) is 4.25. The molecule has 5 nitrogen and oxygen atoms in total. The fraction of sp³-hybridized carbons (Fsp3) is 0.250. The first kappa shape index (κ1) is 20.4. The van der Waals surface area contributed by atoms with Crippen molar-refractivity contribution in [2.75, 3.05) is 6.61 Å². The molecular weight excluding hydrogens is 366 g/mol. The zero-order valence-electron chi connectivity index (χ0n) is 16.5. The lowest BCUT2D eigenvalue weighted by atomic mass is 10.1. The van der Waals surface area contributed by atoms with E-state index in [0.717, 1.165) is 35.4 Å². The van der Waals surface area contributed by atoms with E-state index in [1.54, 1.807) is 6.26 Å². The summed E-state index contributed by atoms with van der Waals surface area (Å²) >= 11 is 0. The molecule has 0 spiro atoms. The SMILES string of the molecule is CCOC(=O)CCCc1ccc(OCc2coc(/C=C/c3ccccc3)n2)cc1. The Bertz CT molecular complexity index is 914. The quantitative estimate of drug-likeness (QED) is 0.438. The van der Waals surface area contributed by atoms with E-state index < -0.39 is 0 Å². The lowest BCUT2D eigenvalue weighted by molar-refractivity contribution is -0.143. The molecule has 0 bridgehead atoms. The Hall–Kier alpha value is -3.34. The molecule has 0 aliphatic rings. The van der Waals surface area contributed by atoms with Gasteiger partial charge in [0, 0.05) is 12.5 Å². The number of hydrogen-bond acceptors (Lipinski definition) is 5. The Morgan fingerprint density at radius 3 is 2.62 bits per heavy atom. The van der Waals surface area contributed by atoms with Crippen LogP contribution in [0.1, 0.15) is 42.5 Å². The highest BCUT2D eigenvalue weighted by atomic mass is 16.5. The first-order valence-corrected chi connectivity index (χ1v) is 9.78. The second kappa shape index (κ2) is 10.9. The van der Waals surface area contributed by atoms with Gasteiger partial charge in [-0.3, -0.25) is 4.79 Å². The average Bonchev–Trinajstić information content (AvgIpc) is 3.21. The number of aryl methyl sites for hydroxylation is 1. The monoisotopic (exact) mass is 391 g/mol. The molecule has 0 unspecified atom stereocenters. The van der Waals surface area contributed by atoms with E-state index in [2.05, 4.69) is 4.98 Å². The second-order valence-electron chi connectivity index (χ2n) is 6.51. The number of carbonyl (C=O) groups is 1. The van der Waals surface area contributed by atoms with E-state index in [4.69, 9.17) is 13.9 Å². The van der Waals surface area contributed by atoms with Crippen molar-refractivity contribution in [2.24, 2.45) is 0 Å². The van der Waals surface area contributed by atoms with E-state index in [1.807, 2.05) is 73.7 Å². The van der Waals surface area contributed by atoms with Gasteiger partial charge in [-0.2, -0.15) is 0 Å². The lowest BCUT2D eigenvalue weighted by Crippen LogP contribution is -2.04. The second-order valence-corrected chi connectivity index (χ2v) is 6.51. The van der Waals surface area contributed by atoms with Gasteiger partial charge in [0.1, 0.15) is 24.3 Å². The Morgan fingerprint density at radius 2 is 1.86 bits per heavy atom. The fourth-order valence-corrected chi connectivity index (χ4v) is 2.78. The molecule has 150 valence electrons. The summed E-state index contributed by atoms with van der Waals surface area (Å²) in [5, 5.41) is 0. The van der Waals surface area contributed by atoms with Crippen LogP contribution in [-0.4, -0.2) is 17.6 Å². The first-order valence-electron chi connectivity index (χ1n) is 9.78. The molecule has 3 rings (SSSR count). The van der Waals surface area contributed by atoms with Gasteiger partial charge in [-0.25, -0.2) is 4.98 Å². The van der Waals surface area contributed by atoms with Crippen LogP contribution in [0.5, 0.6) is 5.75 Å². The highest BCUT2D eigenvalue weighted by Crippen LogP contribution is 2.16. The van der Waals surface area contributed by atoms with Gasteiger partial charge >= 0.3 is 5.97 Å². The molecule has 5 heteroatoms. The molecule has 1 heterocycles. The number of esters is 1. The van der Waals surface area contributed by atoms with Crippen molar-refractivity contribution in [1.82, 2.24) is 4.98 Å². The minimum atomic E-state index is -0.141. The molecule has 0 saturated carbocycles. The van der Waals surface area contributed by atoms with E-state index in [0.29, 0.717) is 25.5 Å². The van der Waals surface area contributed by atoms with Crippen molar-refractivity contribution in [2.45, 2.75) is 32.8 Å². The molecule has 0 aliphatic heterocycles. The number of ether oxygens (including phenoxy) is 2. The Morgan fingerprint density at radius 1 is 1.07 bits per heavy atom. The van der Waals surface area contributed by atoms with Crippen LogP contribution in [0.4, 0.5) is 0 Å². The summed E-state index contributed by atoms with van der Waals surface area (Å²) in [6.45, 7) is 2.59. The van der Waals surface area contributed by atoms with Crippen LogP contribution in [0.15, 0.2) is 65.3 Å². The molecule has 2 aromatic carbocycles. The van der Waals surface area contributed by atoms with Crippen LogP contribution in [0.2, 0.25) is 0 Å². The average molecular weight is 391 g/mol. The van der Waals surface area contributed by atoms with Gasteiger partial charge in [-0.1, -0.05) is 42.5 Å². The first-order chi connectivity index (χ1) is 14.2. The van der Waals surface area contributed by atoms with Gasteiger partial charge in [0.15, 0.2) is 0 Å². The van der Waals surface area contributed by atoms with Gasteiger partial charge < -0.3 is 13.9 Å². The van der Waals surface area contributed by atoms with Gasteiger partial charge in [0.05, 0.1) is 6.61 Å². The van der Waals surface area contributed by atoms with Crippen LogP contribution in [0.3, 0.4) is 0 Å². The molecule has 0 radical (unpaired) electrons. The number of hydrogen-bond donors (Lipinski definition) is 0. The topological polar surface area (TPSA) is 61.6 Å². The smallest absolute Gasteiger partial charge is 0.305 e. The normalized spacial score (nSPS) is 10.9. The standard InChI is InChI=1S/C24H25NO4/c1-2-27-24(26)10-6-9-20-11-14-22(15-12-20)28-17-21-18-29-23(25-21)16-13-19-7-4-3-5-8-19/h3-5,7-8,11-16,18H,2,6,9-10,17H2,1H3/b16-13+. The van der Waals surface area contributed by atoms with E-state index in [9.17, 15) is 4.79 Å². The molecular formula is C24H25NO4. The molecule has 0 saturated heterocycles. The number of rotatable bonds is 10. The summed E-state index contributed by atoms with van der Waals surface area (Å²) in [4.78, 5) is 15.8. The van der Waals surface area contributed by atoms with E-state index >= 15 is 0 Å². The largest absolute Gasteiger partial charge is 0.487 e. The third-order valence-electron chi connectivity index (χ3n) is 4.25. The summed E-state index contributed by atoms with van der Waals surface area (Å²) in [6.07, 6.45) is 7.45. The maximum Gasteiger partial charge on any atom is 0.305 e. The molecule has 0 N–H and O–H groups in total. The molecule has 0 amide bonds. The minimum Gasteiger partial charge on any atom is -0.487 e. The summed E-state index contributed by atoms with van der Waals surface area (Å²) in [5.41, 5.74) is 2.98. The van der Waals surface area contributed by atoms with Crippen LogP contribution in [0, 0.1) is 0 Å². The number of oxazole rings is 1. The number of carbonyl (C=O) groups excluding carboxylic acids is 1. The Labute approximate surface area is 171 Å².